The van der Waals surface area contributed by atoms with Crippen LogP contribution in [-0.4, -0.2) is 23.1 Å². The van der Waals surface area contributed by atoms with E-state index in [4.69, 9.17) is 0 Å². The Hall–Kier alpha value is -2.62. The first-order valence-electron chi connectivity index (χ1n) is 7.64. The number of benzene rings is 1. The molecule has 22 heavy (non-hydrogen) atoms. The molecular formula is C18H20N4. The van der Waals surface area contributed by atoms with Gasteiger partial charge in [-0.3, -0.25) is 4.98 Å². The third kappa shape index (κ3) is 3.34. The smallest absolute Gasteiger partial charge is 0.125 e. The topological polar surface area (TPSA) is 49.8 Å². The molecule has 4 nitrogen and oxygen atoms in total. The summed E-state index contributed by atoms with van der Waals surface area (Å²) in [5, 5.41) is 7.97. The van der Waals surface area contributed by atoms with Gasteiger partial charge in [-0.15, -0.1) is 0 Å². The fraction of sp³-hybridized carbons (Fsp3) is 0.222. The minimum absolute atomic E-state index is 0.815. The molecule has 0 atom stereocenters. The van der Waals surface area contributed by atoms with E-state index in [1.54, 1.807) is 6.20 Å². The molecule has 3 rings (SSSR count). The van der Waals surface area contributed by atoms with Crippen molar-refractivity contribution >= 4 is 22.4 Å². The van der Waals surface area contributed by atoms with Crippen LogP contribution in [0.1, 0.15) is 12.6 Å². The van der Waals surface area contributed by atoms with Crippen molar-refractivity contribution < 1.29 is 0 Å². The summed E-state index contributed by atoms with van der Waals surface area (Å²) in [6.45, 7) is 3.77. The third-order valence-electron chi connectivity index (χ3n) is 3.54. The third-order valence-corrected chi connectivity index (χ3v) is 3.54. The van der Waals surface area contributed by atoms with Gasteiger partial charge >= 0.3 is 0 Å². The van der Waals surface area contributed by atoms with Crippen LogP contribution < -0.4 is 10.6 Å². The van der Waals surface area contributed by atoms with Crippen LogP contribution in [0, 0.1) is 0 Å². The number of rotatable bonds is 6. The van der Waals surface area contributed by atoms with Crippen LogP contribution in [-0.2, 0) is 6.42 Å². The van der Waals surface area contributed by atoms with Gasteiger partial charge in [0.05, 0.1) is 5.52 Å². The average Bonchev–Trinajstić information content (AvgIpc) is 2.59. The summed E-state index contributed by atoms with van der Waals surface area (Å²) in [6.07, 6.45) is 2.73. The van der Waals surface area contributed by atoms with Crippen LogP contribution >= 0.6 is 0 Å². The second-order valence-electron chi connectivity index (χ2n) is 5.10. The first-order valence-corrected chi connectivity index (χ1v) is 7.64. The highest BCUT2D eigenvalue weighted by molar-refractivity contribution is 5.91. The van der Waals surface area contributed by atoms with E-state index in [1.807, 2.05) is 30.3 Å². The number of anilines is 2. The Morgan fingerprint density at radius 3 is 2.59 bits per heavy atom. The minimum atomic E-state index is 0.815. The van der Waals surface area contributed by atoms with E-state index in [2.05, 4.69) is 45.7 Å². The van der Waals surface area contributed by atoms with E-state index in [0.29, 0.717) is 0 Å². The first-order chi connectivity index (χ1) is 10.9. The van der Waals surface area contributed by atoms with Crippen LogP contribution in [0.3, 0.4) is 0 Å². The first kappa shape index (κ1) is 14.3. The number of fused-ring (bicyclic) bond motifs is 1. The van der Waals surface area contributed by atoms with Gasteiger partial charge in [-0.1, -0.05) is 31.2 Å². The van der Waals surface area contributed by atoms with Gasteiger partial charge in [-0.2, -0.15) is 0 Å². The van der Waals surface area contributed by atoms with Gasteiger partial charge in [-0.05, 0) is 30.7 Å². The Kier molecular flexibility index (Phi) is 4.49. The van der Waals surface area contributed by atoms with Crippen LogP contribution in [0.5, 0.6) is 0 Å². The maximum absolute atomic E-state index is 4.66. The van der Waals surface area contributed by atoms with Crippen LogP contribution in [0.15, 0.2) is 54.7 Å². The van der Waals surface area contributed by atoms with E-state index in [-0.39, 0.29) is 0 Å². The fourth-order valence-corrected chi connectivity index (χ4v) is 2.41. The molecule has 0 spiro atoms. The van der Waals surface area contributed by atoms with Crippen molar-refractivity contribution in [2.24, 2.45) is 0 Å². The molecule has 0 fully saturated rings. The van der Waals surface area contributed by atoms with E-state index in [0.717, 1.165) is 47.6 Å². The lowest BCUT2D eigenvalue weighted by Gasteiger charge is -2.12. The van der Waals surface area contributed by atoms with Crippen molar-refractivity contribution in [2.45, 2.75) is 13.3 Å². The Balaban J connectivity index is 1.68. The number of aryl methyl sites for hydroxylation is 1. The zero-order valence-electron chi connectivity index (χ0n) is 12.7. The summed E-state index contributed by atoms with van der Waals surface area (Å²) in [5.41, 5.74) is 3.30. The molecule has 112 valence electrons. The zero-order chi connectivity index (χ0) is 15.2. The summed E-state index contributed by atoms with van der Waals surface area (Å²) in [6, 6.07) is 16.3. The minimum Gasteiger partial charge on any atom is -0.383 e. The van der Waals surface area contributed by atoms with Crippen LogP contribution in [0.4, 0.5) is 11.5 Å². The number of para-hydroxylation sites is 1. The van der Waals surface area contributed by atoms with Crippen molar-refractivity contribution in [1.82, 2.24) is 9.97 Å². The molecule has 0 aliphatic rings. The average molecular weight is 292 g/mol. The molecule has 0 unspecified atom stereocenters. The number of aromatic nitrogens is 2. The van der Waals surface area contributed by atoms with Crippen molar-refractivity contribution in [2.75, 3.05) is 23.7 Å². The predicted octanol–water partition coefficient (Wildman–Crippen LogP) is 3.72. The number of hydrogen-bond acceptors (Lipinski definition) is 4. The lowest BCUT2D eigenvalue weighted by atomic mass is 10.1. The highest BCUT2D eigenvalue weighted by Crippen LogP contribution is 2.23. The molecule has 0 radical (unpaired) electrons. The Morgan fingerprint density at radius 1 is 0.955 bits per heavy atom. The molecule has 2 N–H and O–H groups in total. The standard InChI is InChI=1S/C18H20N4/c1-2-14-13-17(15-7-3-4-8-16(15)22-14)19-11-12-21-18-9-5-6-10-20-18/h3-10,13H,2,11-12H2,1H3,(H,19,22)(H,20,21). The Bertz CT molecular complexity index is 740. The van der Waals surface area contributed by atoms with Crippen molar-refractivity contribution in [1.29, 1.82) is 0 Å². The van der Waals surface area contributed by atoms with E-state index in [1.165, 1.54) is 0 Å². The lowest BCUT2D eigenvalue weighted by Crippen LogP contribution is -2.14. The maximum atomic E-state index is 4.66. The van der Waals surface area contributed by atoms with Gasteiger partial charge in [0, 0.05) is 36.1 Å². The number of pyridine rings is 2. The zero-order valence-corrected chi connectivity index (χ0v) is 12.7. The highest BCUT2D eigenvalue weighted by Gasteiger charge is 2.04. The van der Waals surface area contributed by atoms with Gasteiger partial charge in [-0.25, -0.2) is 4.98 Å². The van der Waals surface area contributed by atoms with Crippen molar-refractivity contribution in [3.63, 3.8) is 0 Å². The molecule has 0 saturated carbocycles. The van der Waals surface area contributed by atoms with Crippen LogP contribution in [0.2, 0.25) is 0 Å². The van der Waals surface area contributed by atoms with E-state index >= 15 is 0 Å². The Morgan fingerprint density at radius 2 is 1.77 bits per heavy atom. The molecule has 2 heterocycles. The van der Waals surface area contributed by atoms with Crippen molar-refractivity contribution in [3.05, 3.63) is 60.4 Å². The maximum Gasteiger partial charge on any atom is 0.125 e. The lowest BCUT2D eigenvalue weighted by molar-refractivity contribution is 1.04. The summed E-state index contributed by atoms with van der Waals surface area (Å²) in [5.74, 6) is 0.901. The largest absolute Gasteiger partial charge is 0.383 e. The monoisotopic (exact) mass is 292 g/mol. The van der Waals surface area contributed by atoms with Gasteiger partial charge in [0.15, 0.2) is 0 Å². The van der Waals surface area contributed by atoms with Gasteiger partial charge in [0.25, 0.3) is 0 Å². The summed E-state index contributed by atoms with van der Waals surface area (Å²) in [7, 11) is 0. The molecule has 0 bridgehead atoms. The molecule has 4 heteroatoms. The molecule has 3 aromatic rings. The summed E-state index contributed by atoms with van der Waals surface area (Å²) < 4.78 is 0. The predicted molar refractivity (Wildman–Crippen MR) is 92.3 cm³/mol. The SMILES string of the molecule is CCc1cc(NCCNc2ccccn2)c2ccccc2n1. The van der Waals surface area contributed by atoms with Gasteiger partial charge in [0.2, 0.25) is 0 Å². The van der Waals surface area contributed by atoms with E-state index in [9.17, 15) is 0 Å². The second kappa shape index (κ2) is 6.89. The van der Waals surface area contributed by atoms with Gasteiger partial charge < -0.3 is 10.6 Å². The molecule has 1 aromatic carbocycles. The molecule has 0 amide bonds. The molecule has 0 saturated heterocycles. The molecular weight excluding hydrogens is 272 g/mol. The molecule has 0 aliphatic heterocycles. The summed E-state index contributed by atoms with van der Waals surface area (Å²) in [4.78, 5) is 8.92. The quantitative estimate of drug-likeness (QED) is 0.680. The molecule has 0 aliphatic carbocycles. The van der Waals surface area contributed by atoms with Crippen molar-refractivity contribution in [3.8, 4) is 0 Å². The summed E-state index contributed by atoms with van der Waals surface area (Å²) >= 11 is 0. The number of nitrogens with zero attached hydrogens (tertiary/aromatic N) is 2. The van der Waals surface area contributed by atoms with E-state index < -0.39 is 0 Å². The highest BCUT2D eigenvalue weighted by atomic mass is 15.0. The fourth-order valence-electron chi connectivity index (χ4n) is 2.41. The molecule has 2 aromatic heterocycles. The number of nitrogens with one attached hydrogen (secondary N) is 2. The van der Waals surface area contributed by atoms with Gasteiger partial charge in [0.1, 0.15) is 5.82 Å². The van der Waals surface area contributed by atoms with Crippen LogP contribution in [0.25, 0.3) is 10.9 Å². The normalized spacial score (nSPS) is 10.6. The Labute approximate surface area is 130 Å². The number of hydrogen-bond donors (Lipinski definition) is 2. The second-order valence-corrected chi connectivity index (χ2v) is 5.10.